The Morgan fingerprint density at radius 2 is 1.95 bits per heavy atom. The molecule has 1 aromatic heterocycles. The van der Waals surface area contributed by atoms with Crippen molar-refractivity contribution >= 4 is 16.7 Å². The predicted molar refractivity (Wildman–Crippen MR) is 154 cm³/mol. The lowest BCUT2D eigenvalue weighted by atomic mass is 9.93. The first-order valence-corrected chi connectivity index (χ1v) is 14.0. The van der Waals surface area contributed by atoms with Crippen molar-refractivity contribution in [1.82, 2.24) is 20.1 Å². The molecule has 2 aromatic carbocycles. The van der Waals surface area contributed by atoms with Crippen molar-refractivity contribution in [3.8, 4) is 11.1 Å². The summed E-state index contributed by atoms with van der Waals surface area (Å²) in [6.45, 7) is 8.64. The highest BCUT2D eigenvalue weighted by molar-refractivity contribution is 5.97. The number of halogens is 1. The number of aromatic nitrogens is 1. The number of amides is 1. The van der Waals surface area contributed by atoms with Gasteiger partial charge < -0.3 is 25.4 Å². The Bertz CT molecular complexity index is 1480. The Kier molecular flexibility index (Phi) is 8.10. The van der Waals surface area contributed by atoms with Crippen LogP contribution in [0.25, 0.3) is 21.9 Å². The van der Waals surface area contributed by atoms with Gasteiger partial charge in [0.05, 0.1) is 6.61 Å². The number of carbonyl (C=O) groups excluding carboxylic acids is 1. The molecule has 0 radical (unpaired) electrons. The molecule has 1 atom stereocenters. The van der Waals surface area contributed by atoms with Crippen molar-refractivity contribution in [2.24, 2.45) is 5.41 Å². The number of benzene rings is 2. The zero-order valence-electron chi connectivity index (χ0n) is 23.5. The number of nitrogens with one attached hydrogen (secondary N) is 2. The topological polar surface area (TPSA) is 107 Å². The van der Waals surface area contributed by atoms with Crippen LogP contribution in [0.2, 0.25) is 0 Å². The fraction of sp³-hybridized carbons (Fsp3) is 0.484. The van der Waals surface area contributed by atoms with Crippen LogP contribution < -0.4 is 16.2 Å². The van der Waals surface area contributed by atoms with Gasteiger partial charge in [-0.05, 0) is 71.7 Å². The summed E-state index contributed by atoms with van der Waals surface area (Å²) in [5.41, 5.74) is 2.36. The molecule has 5 rings (SSSR count). The minimum atomic E-state index is -0.484. The lowest BCUT2D eigenvalue weighted by Crippen LogP contribution is -2.51. The maximum Gasteiger partial charge on any atom is 0.258 e. The van der Waals surface area contributed by atoms with Gasteiger partial charge in [-0.15, -0.1) is 0 Å². The van der Waals surface area contributed by atoms with E-state index in [4.69, 9.17) is 0 Å². The van der Waals surface area contributed by atoms with Crippen molar-refractivity contribution < 1.29 is 19.4 Å². The summed E-state index contributed by atoms with van der Waals surface area (Å²) in [5.74, 6) is -0.730. The number of carbonyl (C=O) groups is 1. The van der Waals surface area contributed by atoms with Gasteiger partial charge in [0.1, 0.15) is 5.82 Å². The lowest BCUT2D eigenvalue weighted by molar-refractivity contribution is 0.0950. The molecule has 2 heterocycles. The maximum atomic E-state index is 15.0. The molecular formula is C31H39FN4O4. The van der Waals surface area contributed by atoms with Gasteiger partial charge in [0.2, 0.25) is 0 Å². The van der Waals surface area contributed by atoms with Gasteiger partial charge in [-0.25, -0.2) is 4.39 Å². The Morgan fingerprint density at radius 1 is 1.18 bits per heavy atom. The van der Waals surface area contributed by atoms with E-state index in [9.17, 15) is 19.8 Å². The average Bonchev–Trinajstić information content (AvgIpc) is 3.76. The van der Waals surface area contributed by atoms with E-state index < -0.39 is 11.2 Å². The summed E-state index contributed by atoms with van der Waals surface area (Å²) in [6.07, 6.45) is 3.76. The van der Waals surface area contributed by atoms with E-state index in [2.05, 4.69) is 15.5 Å². The minimum absolute atomic E-state index is 0.0232. The van der Waals surface area contributed by atoms with Crippen LogP contribution in [0.15, 0.2) is 41.3 Å². The van der Waals surface area contributed by atoms with Crippen LogP contribution in [0, 0.1) is 18.2 Å². The Balaban J connectivity index is 1.60. The molecule has 1 saturated carbocycles. The second-order valence-corrected chi connectivity index (χ2v) is 12.1. The van der Waals surface area contributed by atoms with Crippen LogP contribution in [-0.2, 0) is 13.1 Å². The van der Waals surface area contributed by atoms with Crippen molar-refractivity contribution in [2.45, 2.75) is 58.8 Å². The first-order valence-electron chi connectivity index (χ1n) is 14.0. The molecule has 1 aliphatic heterocycles. The van der Waals surface area contributed by atoms with Crippen LogP contribution in [0.5, 0.6) is 0 Å². The van der Waals surface area contributed by atoms with Crippen molar-refractivity contribution in [2.75, 3.05) is 32.8 Å². The SMILES string of the molecule is Cc1c(F)cc(C(=O)NC2CC2)cc1-c1ccc2c(=O)n(CC(C)(C)CO)cc(CN3CCN[C@@H](CO)C3)c2c1. The summed E-state index contributed by atoms with van der Waals surface area (Å²) >= 11 is 0. The second kappa shape index (κ2) is 11.4. The fourth-order valence-corrected chi connectivity index (χ4v) is 5.40. The Labute approximate surface area is 233 Å². The molecule has 1 saturated heterocycles. The number of rotatable bonds is 9. The third kappa shape index (κ3) is 6.12. The van der Waals surface area contributed by atoms with Gasteiger partial charge in [0.15, 0.2) is 0 Å². The van der Waals surface area contributed by atoms with E-state index in [1.807, 2.05) is 32.2 Å². The van der Waals surface area contributed by atoms with Gasteiger partial charge in [0.25, 0.3) is 11.5 Å². The molecule has 8 nitrogen and oxygen atoms in total. The molecule has 214 valence electrons. The summed E-state index contributed by atoms with van der Waals surface area (Å²) in [5, 5.41) is 27.1. The molecule has 2 aliphatic rings. The number of nitrogens with zero attached hydrogens (tertiary/aromatic N) is 2. The number of hydrogen-bond donors (Lipinski definition) is 4. The Morgan fingerprint density at radius 3 is 2.65 bits per heavy atom. The van der Waals surface area contributed by atoms with Crippen LogP contribution in [-0.4, -0.2) is 70.5 Å². The number of hydrogen-bond acceptors (Lipinski definition) is 6. The highest BCUT2D eigenvalue weighted by Gasteiger charge is 2.26. The summed E-state index contributed by atoms with van der Waals surface area (Å²) in [6, 6.07) is 8.66. The van der Waals surface area contributed by atoms with Crippen LogP contribution in [0.1, 0.15) is 48.2 Å². The number of aliphatic hydroxyl groups is 2. The number of aliphatic hydroxyl groups excluding tert-OH is 2. The molecule has 3 aromatic rings. The Hall–Kier alpha value is -3.11. The molecule has 40 heavy (non-hydrogen) atoms. The quantitative estimate of drug-likeness (QED) is 0.327. The highest BCUT2D eigenvalue weighted by Crippen LogP contribution is 2.31. The molecule has 0 spiro atoms. The smallest absolute Gasteiger partial charge is 0.258 e. The molecule has 1 aliphatic carbocycles. The van der Waals surface area contributed by atoms with E-state index in [1.165, 1.54) is 6.07 Å². The van der Waals surface area contributed by atoms with Gasteiger partial charge >= 0.3 is 0 Å². The van der Waals surface area contributed by atoms with Crippen LogP contribution in [0.4, 0.5) is 4.39 Å². The van der Waals surface area contributed by atoms with Gasteiger partial charge in [0, 0.05) is 74.0 Å². The largest absolute Gasteiger partial charge is 0.396 e. The fourth-order valence-electron chi connectivity index (χ4n) is 5.40. The molecule has 0 unspecified atom stereocenters. The lowest BCUT2D eigenvalue weighted by Gasteiger charge is -2.33. The summed E-state index contributed by atoms with van der Waals surface area (Å²) in [7, 11) is 0. The molecular weight excluding hydrogens is 511 g/mol. The first kappa shape index (κ1) is 28.4. The minimum Gasteiger partial charge on any atom is -0.396 e. The molecule has 0 bridgehead atoms. The highest BCUT2D eigenvalue weighted by atomic mass is 19.1. The predicted octanol–water partition coefficient (Wildman–Crippen LogP) is 2.79. The van der Waals surface area contributed by atoms with E-state index in [0.717, 1.165) is 42.4 Å². The zero-order valence-corrected chi connectivity index (χ0v) is 23.5. The normalized spacial score (nSPS) is 18.3. The standard InChI is InChI=1S/C31H39FN4O4/c1-19-26(11-21(12-28(19)32)29(39)34-23-5-6-23)20-4-7-25-27(10-20)22(13-35-9-8-33-24(15-35)16-37)14-36(30(25)40)17-31(2,3)18-38/h4,7,10-12,14,23-24,33,37-38H,5-6,8-9,13,15-18H2,1-3H3,(H,34,39)/t24-/m1/s1. The molecule has 2 fully saturated rings. The van der Waals surface area contributed by atoms with Crippen molar-refractivity contribution in [3.05, 3.63) is 69.4 Å². The second-order valence-electron chi connectivity index (χ2n) is 12.1. The van der Waals surface area contributed by atoms with Gasteiger partial charge in [-0.2, -0.15) is 0 Å². The van der Waals surface area contributed by atoms with Gasteiger partial charge in [-0.1, -0.05) is 19.9 Å². The number of fused-ring (bicyclic) bond motifs is 1. The average molecular weight is 551 g/mol. The maximum absolute atomic E-state index is 15.0. The summed E-state index contributed by atoms with van der Waals surface area (Å²) in [4.78, 5) is 28.6. The molecule has 9 heteroatoms. The van der Waals surface area contributed by atoms with Crippen molar-refractivity contribution in [3.63, 3.8) is 0 Å². The third-order valence-electron chi connectivity index (χ3n) is 7.98. The summed E-state index contributed by atoms with van der Waals surface area (Å²) < 4.78 is 16.7. The number of piperazine rings is 1. The van der Waals surface area contributed by atoms with E-state index >= 15 is 4.39 Å². The van der Waals surface area contributed by atoms with E-state index in [1.54, 1.807) is 23.6 Å². The monoisotopic (exact) mass is 550 g/mol. The first-order chi connectivity index (χ1) is 19.1. The van der Waals surface area contributed by atoms with Gasteiger partial charge in [-0.3, -0.25) is 14.5 Å². The number of pyridine rings is 1. The third-order valence-corrected chi connectivity index (χ3v) is 7.98. The molecule has 4 N–H and O–H groups in total. The van der Waals surface area contributed by atoms with Crippen LogP contribution >= 0.6 is 0 Å². The molecule has 1 amide bonds. The van der Waals surface area contributed by atoms with E-state index in [0.29, 0.717) is 36.1 Å². The van der Waals surface area contributed by atoms with Crippen LogP contribution in [0.3, 0.4) is 0 Å². The van der Waals surface area contributed by atoms with Crippen molar-refractivity contribution in [1.29, 1.82) is 0 Å². The van der Waals surface area contributed by atoms with E-state index in [-0.39, 0.29) is 42.3 Å². The zero-order chi connectivity index (χ0) is 28.6.